The highest BCUT2D eigenvalue weighted by Crippen LogP contribution is 2.20. The molecule has 0 spiro atoms. The third-order valence-electron chi connectivity index (χ3n) is 3.38. The SMILES string of the molecule is Cc1cccc(-c2cncc(N3CCNCC3)n2)c1. The van der Waals surface area contributed by atoms with Crippen LogP contribution in [-0.4, -0.2) is 36.1 Å². The zero-order chi connectivity index (χ0) is 13.1. The summed E-state index contributed by atoms with van der Waals surface area (Å²) in [6, 6.07) is 8.38. The molecule has 0 amide bonds. The van der Waals surface area contributed by atoms with Crippen molar-refractivity contribution in [1.82, 2.24) is 15.3 Å². The van der Waals surface area contributed by atoms with Crippen LogP contribution in [0.25, 0.3) is 11.3 Å². The van der Waals surface area contributed by atoms with Crippen molar-refractivity contribution in [2.45, 2.75) is 6.92 Å². The van der Waals surface area contributed by atoms with E-state index in [4.69, 9.17) is 4.98 Å². The minimum atomic E-state index is 0.944. The van der Waals surface area contributed by atoms with Crippen molar-refractivity contribution < 1.29 is 0 Å². The fourth-order valence-electron chi connectivity index (χ4n) is 2.35. The second-order valence-electron chi connectivity index (χ2n) is 4.87. The lowest BCUT2D eigenvalue weighted by atomic mass is 10.1. The molecule has 4 heteroatoms. The first-order valence-corrected chi connectivity index (χ1v) is 6.68. The first-order valence-electron chi connectivity index (χ1n) is 6.68. The summed E-state index contributed by atoms with van der Waals surface area (Å²) < 4.78 is 0. The lowest BCUT2D eigenvalue weighted by Gasteiger charge is -2.28. The maximum Gasteiger partial charge on any atom is 0.147 e. The molecule has 0 unspecified atom stereocenters. The Morgan fingerprint density at radius 3 is 2.79 bits per heavy atom. The van der Waals surface area contributed by atoms with E-state index in [1.807, 2.05) is 12.4 Å². The van der Waals surface area contributed by atoms with Crippen LogP contribution < -0.4 is 10.2 Å². The molecule has 2 heterocycles. The van der Waals surface area contributed by atoms with E-state index in [-0.39, 0.29) is 0 Å². The second-order valence-corrected chi connectivity index (χ2v) is 4.87. The normalized spacial score (nSPS) is 15.5. The number of nitrogens with one attached hydrogen (secondary N) is 1. The maximum absolute atomic E-state index is 4.74. The molecule has 1 aromatic carbocycles. The lowest BCUT2D eigenvalue weighted by Crippen LogP contribution is -2.43. The summed E-state index contributed by atoms with van der Waals surface area (Å²) in [5, 5.41) is 3.35. The molecule has 2 aromatic rings. The standard InChI is InChI=1S/C15H18N4/c1-12-3-2-4-13(9-12)14-10-17-11-15(18-14)19-7-5-16-6-8-19/h2-4,9-11,16H,5-8H2,1H3. The van der Waals surface area contributed by atoms with E-state index in [0.717, 1.165) is 43.3 Å². The Kier molecular flexibility index (Phi) is 3.42. The third-order valence-corrected chi connectivity index (χ3v) is 3.38. The number of aryl methyl sites for hydroxylation is 1. The van der Waals surface area contributed by atoms with Crippen molar-refractivity contribution in [2.24, 2.45) is 0 Å². The van der Waals surface area contributed by atoms with Crippen LogP contribution in [0.1, 0.15) is 5.56 Å². The molecule has 3 rings (SSSR count). The number of benzene rings is 1. The van der Waals surface area contributed by atoms with E-state index in [9.17, 15) is 0 Å². The largest absolute Gasteiger partial charge is 0.353 e. The van der Waals surface area contributed by atoms with Crippen LogP contribution >= 0.6 is 0 Å². The van der Waals surface area contributed by atoms with Crippen molar-refractivity contribution in [1.29, 1.82) is 0 Å². The third kappa shape index (κ3) is 2.74. The van der Waals surface area contributed by atoms with Crippen molar-refractivity contribution in [2.75, 3.05) is 31.1 Å². The average molecular weight is 254 g/mol. The fraction of sp³-hybridized carbons (Fsp3) is 0.333. The Balaban J connectivity index is 1.91. The lowest BCUT2D eigenvalue weighted by molar-refractivity contribution is 0.584. The van der Waals surface area contributed by atoms with Gasteiger partial charge in [-0.15, -0.1) is 0 Å². The van der Waals surface area contributed by atoms with Crippen LogP contribution in [0.3, 0.4) is 0 Å². The molecular weight excluding hydrogens is 236 g/mol. The van der Waals surface area contributed by atoms with E-state index in [2.05, 4.69) is 46.4 Å². The van der Waals surface area contributed by atoms with Gasteiger partial charge >= 0.3 is 0 Å². The van der Waals surface area contributed by atoms with Gasteiger partial charge in [-0.05, 0) is 13.0 Å². The first-order chi connectivity index (χ1) is 9.33. The molecule has 0 atom stereocenters. The van der Waals surface area contributed by atoms with E-state index >= 15 is 0 Å². The van der Waals surface area contributed by atoms with Crippen molar-refractivity contribution >= 4 is 5.82 Å². The molecule has 0 saturated carbocycles. The maximum atomic E-state index is 4.74. The van der Waals surface area contributed by atoms with E-state index in [0.29, 0.717) is 0 Å². The number of nitrogens with zero attached hydrogens (tertiary/aromatic N) is 3. The van der Waals surface area contributed by atoms with Gasteiger partial charge in [-0.3, -0.25) is 4.98 Å². The van der Waals surface area contributed by atoms with Gasteiger partial charge < -0.3 is 10.2 Å². The van der Waals surface area contributed by atoms with Crippen LogP contribution in [0.4, 0.5) is 5.82 Å². The highest BCUT2D eigenvalue weighted by Gasteiger charge is 2.12. The van der Waals surface area contributed by atoms with Crippen LogP contribution in [0.5, 0.6) is 0 Å². The van der Waals surface area contributed by atoms with Gasteiger partial charge in [-0.1, -0.05) is 23.8 Å². The highest BCUT2D eigenvalue weighted by molar-refractivity contribution is 5.61. The molecule has 0 bridgehead atoms. The van der Waals surface area contributed by atoms with Gasteiger partial charge in [0.2, 0.25) is 0 Å². The Bertz CT molecular complexity index is 562. The zero-order valence-corrected chi connectivity index (χ0v) is 11.1. The van der Waals surface area contributed by atoms with Gasteiger partial charge in [0.1, 0.15) is 5.82 Å². The average Bonchev–Trinajstić information content (AvgIpc) is 2.48. The molecule has 1 N–H and O–H groups in total. The Labute approximate surface area is 113 Å². The molecule has 1 fully saturated rings. The van der Waals surface area contributed by atoms with Gasteiger partial charge in [0.15, 0.2) is 0 Å². The van der Waals surface area contributed by atoms with Crippen LogP contribution in [0.2, 0.25) is 0 Å². The summed E-state index contributed by atoms with van der Waals surface area (Å²) >= 11 is 0. The zero-order valence-electron chi connectivity index (χ0n) is 11.1. The van der Waals surface area contributed by atoms with Gasteiger partial charge in [0, 0.05) is 31.7 Å². The first kappa shape index (κ1) is 12.1. The number of hydrogen-bond acceptors (Lipinski definition) is 4. The predicted molar refractivity (Wildman–Crippen MR) is 77.3 cm³/mol. The Morgan fingerprint density at radius 1 is 1.16 bits per heavy atom. The van der Waals surface area contributed by atoms with Crippen molar-refractivity contribution in [3.8, 4) is 11.3 Å². The monoisotopic (exact) mass is 254 g/mol. The minimum Gasteiger partial charge on any atom is -0.353 e. The number of piperazine rings is 1. The number of anilines is 1. The molecule has 1 aliphatic heterocycles. The van der Waals surface area contributed by atoms with Crippen molar-refractivity contribution in [3.05, 3.63) is 42.2 Å². The summed E-state index contributed by atoms with van der Waals surface area (Å²) in [6.07, 6.45) is 3.69. The van der Waals surface area contributed by atoms with Crippen LogP contribution in [-0.2, 0) is 0 Å². The molecule has 4 nitrogen and oxygen atoms in total. The number of aromatic nitrogens is 2. The van der Waals surface area contributed by atoms with Crippen LogP contribution in [0, 0.1) is 6.92 Å². The summed E-state index contributed by atoms with van der Waals surface area (Å²) in [5.41, 5.74) is 3.32. The summed E-state index contributed by atoms with van der Waals surface area (Å²) in [6.45, 7) is 6.10. The summed E-state index contributed by atoms with van der Waals surface area (Å²) in [4.78, 5) is 11.4. The van der Waals surface area contributed by atoms with Gasteiger partial charge in [0.25, 0.3) is 0 Å². The molecule has 1 aliphatic rings. The van der Waals surface area contributed by atoms with E-state index in [1.54, 1.807) is 0 Å². The molecule has 98 valence electrons. The molecule has 0 radical (unpaired) electrons. The number of rotatable bonds is 2. The topological polar surface area (TPSA) is 41.1 Å². The smallest absolute Gasteiger partial charge is 0.147 e. The van der Waals surface area contributed by atoms with Gasteiger partial charge in [0.05, 0.1) is 18.1 Å². The minimum absolute atomic E-state index is 0.944. The van der Waals surface area contributed by atoms with Crippen molar-refractivity contribution in [3.63, 3.8) is 0 Å². The van der Waals surface area contributed by atoms with Gasteiger partial charge in [-0.2, -0.15) is 0 Å². The Morgan fingerprint density at radius 2 is 2.00 bits per heavy atom. The second kappa shape index (κ2) is 5.36. The molecule has 19 heavy (non-hydrogen) atoms. The van der Waals surface area contributed by atoms with E-state index < -0.39 is 0 Å². The van der Waals surface area contributed by atoms with E-state index in [1.165, 1.54) is 5.56 Å². The highest BCUT2D eigenvalue weighted by atomic mass is 15.2. The van der Waals surface area contributed by atoms with Gasteiger partial charge in [-0.25, -0.2) is 4.98 Å². The summed E-state index contributed by atoms with van der Waals surface area (Å²) in [5.74, 6) is 0.973. The summed E-state index contributed by atoms with van der Waals surface area (Å²) in [7, 11) is 0. The molecule has 1 aromatic heterocycles. The molecular formula is C15H18N4. The Hall–Kier alpha value is -1.94. The predicted octanol–water partition coefficient (Wildman–Crippen LogP) is 1.86. The van der Waals surface area contributed by atoms with Crippen LogP contribution in [0.15, 0.2) is 36.7 Å². The molecule has 0 aliphatic carbocycles. The molecule has 1 saturated heterocycles. The fourth-order valence-corrected chi connectivity index (χ4v) is 2.35. The quantitative estimate of drug-likeness (QED) is 0.888. The number of hydrogen-bond donors (Lipinski definition) is 1.